The summed E-state index contributed by atoms with van der Waals surface area (Å²) in [6.45, 7) is 7.68. The molecular formula is C21H22N+. The molecule has 3 aromatic rings. The summed E-state index contributed by atoms with van der Waals surface area (Å²) < 4.78 is 2.49. The maximum atomic E-state index is 2.49. The second-order valence-electron chi connectivity index (χ2n) is 6.56. The predicted molar refractivity (Wildman–Crippen MR) is 92.2 cm³/mol. The van der Waals surface area contributed by atoms with E-state index in [4.69, 9.17) is 0 Å². The second kappa shape index (κ2) is 4.95. The number of nitrogens with zero attached hydrogens (tertiary/aromatic N) is 1. The van der Waals surface area contributed by atoms with Crippen LogP contribution >= 0.6 is 0 Å². The molecule has 110 valence electrons. The first kappa shape index (κ1) is 13.5. The highest BCUT2D eigenvalue weighted by molar-refractivity contribution is 5.80. The largest absolute Gasteiger partial charge is 0.213 e. The average molecular weight is 288 g/mol. The molecule has 1 aliphatic heterocycles. The molecule has 4 rings (SSSR count). The summed E-state index contributed by atoms with van der Waals surface area (Å²) in [5.41, 5.74) is 9.85. The van der Waals surface area contributed by atoms with E-state index >= 15 is 0 Å². The number of pyridine rings is 1. The molecule has 0 fully saturated rings. The van der Waals surface area contributed by atoms with Crippen molar-refractivity contribution in [2.45, 2.75) is 40.2 Å². The highest BCUT2D eigenvalue weighted by atomic mass is 15.0. The molecule has 2 aromatic carbocycles. The molecule has 1 aromatic heterocycles. The zero-order valence-corrected chi connectivity index (χ0v) is 13.6. The van der Waals surface area contributed by atoms with Crippen molar-refractivity contribution in [2.75, 3.05) is 0 Å². The number of benzene rings is 2. The quantitative estimate of drug-likeness (QED) is 0.470. The SMILES string of the molecule is CCCc1ccc2ccc3[n+](c2c1)Cc1c(C)cc(C)cc1-3. The van der Waals surface area contributed by atoms with Crippen molar-refractivity contribution in [3.8, 4) is 11.3 Å². The Labute approximate surface area is 132 Å². The Kier molecular flexibility index (Phi) is 3.04. The first-order valence-corrected chi connectivity index (χ1v) is 8.23. The fourth-order valence-corrected chi connectivity index (χ4v) is 3.80. The number of aromatic nitrogens is 1. The van der Waals surface area contributed by atoms with Crippen LogP contribution in [0.5, 0.6) is 0 Å². The molecule has 0 saturated heterocycles. The highest BCUT2D eigenvalue weighted by Gasteiger charge is 2.29. The van der Waals surface area contributed by atoms with Gasteiger partial charge in [-0.05, 0) is 55.2 Å². The fourth-order valence-electron chi connectivity index (χ4n) is 3.80. The van der Waals surface area contributed by atoms with Gasteiger partial charge in [-0.15, -0.1) is 0 Å². The third-order valence-corrected chi connectivity index (χ3v) is 4.85. The molecule has 0 atom stereocenters. The lowest BCUT2D eigenvalue weighted by molar-refractivity contribution is -0.645. The van der Waals surface area contributed by atoms with Crippen molar-refractivity contribution >= 4 is 10.9 Å². The lowest BCUT2D eigenvalue weighted by atomic mass is 9.99. The van der Waals surface area contributed by atoms with Crippen LogP contribution in [0.3, 0.4) is 0 Å². The normalized spacial score (nSPS) is 12.5. The van der Waals surface area contributed by atoms with Gasteiger partial charge in [-0.2, -0.15) is 4.57 Å². The van der Waals surface area contributed by atoms with Gasteiger partial charge in [-0.3, -0.25) is 0 Å². The van der Waals surface area contributed by atoms with Crippen LogP contribution in [0.1, 0.15) is 35.6 Å². The topological polar surface area (TPSA) is 3.88 Å². The van der Waals surface area contributed by atoms with Crippen LogP contribution in [0.15, 0.2) is 42.5 Å². The van der Waals surface area contributed by atoms with Gasteiger partial charge in [0, 0.05) is 23.1 Å². The van der Waals surface area contributed by atoms with Crippen molar-refractivity contribution in [1.82, 2.24) is 0 Å². The van der Waals surface area contributed by atoms with Gasteiger partial charge in [-0.25, -0.2) is 0 Å². The van der Waals surface area contributed by atoms with Gasteiger partial charge >= 0.3 is 0 Å². The standard InChI is InChI=1S/C21H22N/c1-4-5-16-6-7-17-8-9-20-18-11-14(2)10-15(3)19(18)13-22(20)21(17)12-16/h6-12H,4-5,13H2,1-3H3/q+1. The second-order valence-corrected chi connectivity index (χ2v) is 6.56. The van der Waals surface area contributed by atoms with E-state index in [0.717, 1.165) is 13.0 Å². The Balaban J connectivity index is 1.97. The highest BCUT2D eigenvalue weighted by Crippen LogP contribution is 2.32. The molecule has 0 bridgehead atoms. The van der Waals surface area contributed by atoms with E-state index in [1.54, 1.807) is 0 Å². The summed E-state index contributed by atoms with van der Waals surface area (Å²) in [5, 5.41) is 1.34. The van der Waals surface area contributed by atoms with Gasteiger partial charge in [0.05, 0.1) is 5.56 Å². The first-order valence-electron chi connectivity index (χ1n) is 8.23. The molecule has 1 heteroatoms. The Bertz CT molecular complexity index is 890. The molecule has 2 heterocycles. The maximum Gasteiger partial charge on any atom is 0.213 e. The van der Waals surface area contributed by atoms with Crippen LogP contribution in [0, 0.1) is 13.8 Å². The zero-order valence-electron chi connectivity index (χ0n) is 13.6. The molecular weight excluding hydrogens is 266 g/mol. The average Bonchev–Trinajstić information content (AvgIpc) is 2.87. The van der Waals surface area contributed by atoms with Crippen LogP contribution in [0.4, 0.5) is 0 Å². The monoisotopic (exact) mass is 288 g/mol. The van der Waals surface area contributed by atoms with Gasteiger partial charge in [-0.1, -0.05) is 25.5 Å². The van der Waals surface area contributed by atoms with Gasteiger partial charge in [0.25, 0.3) is 0 Å². The van der Waals surface area contributed by atoms with Crippen molar-refractivity contribution in [3.63, 3.8) is 0 Å². The molecule has 0 unspecified atom stereocenters. The van der Waals surface area contributed by atoms with E-state index in [1.165, 1.54) is 50.8 Å². The summed E-state index contributed by atoms with van der Waals surface area (Å²) in [6, 6.07) is 16.1. The molecule has 0 saturated carbocycles. The molecule has 1 aliphatic rings. The Morgan fingerprint density at radius 2 is 1.82 bits per heavy atom. The van der Waals surface area contributed by atoms with E-state index in [9.17, 15) is 0 Å². The molecule has 0 aliphatic carbocycles. The van der Waals surface area contributed by atoms with Crippen LogP contribution in [0.2, 0.25) is 0 Å². The Morgan fingerprint density at radius 1 is 1.00 bits per heavy atom. The van der Waals surface area contributed by atoms with E-state index in [0.29, 0.717) is 0 Å². The molecule has 0 radical (unpaired) electrons. The van der Waals surface area contributed by atoms with E-state index in [2.05, 4.69) is 67.8 Å². The Hall–Kier alpha value is -2.15. The third-order valence-electron chi connectivity index (χ3n) is 4.85. The number of fused-ring (bicyclic) bond motifs is 5. The summed E-state index contributed by atoms with van der Waals surface area (Å²) >= 11 is 0. The molecule has 0 N–H and O–H groups in total. The van der Waals surface area contributed by atoms with Crippen molar-refractivity contribution in [1.29, 1.82) is 0 Å². The minimum absolute atomic E-state index is 1.00. The van der Waals surface area contributed by atoms with E-state index in [-0.39, 0.29) is 0 Å². The number of hydrogen-bond donors (Lipinski definition) is 0. The third kappa shape index (κ3) is 1.96. The van der Waals surface area contributed by atoms with Gasteiger partial charge in [0.2, 0.25) is 11.2 Å². The minimum Gasteiger partial charge on any atom is -0.187 e. The van der Waals surface area contributed by atoms with E-state index in [1.807, 2.05) is 0 Å². The lowest BCUT2D eigenvalue weighted by Crippen LogP contribution is -2.33. The summed E-state index contributed by atoms with van der Waals surface area (Å²) in [7, 11) is 0. The number of hydrogen-bond acceptors (Lipinski definition) is 0. The maximum absolute atomic E-state index is 2.49. The summed E-state index contributed by atoms with van der Waals surface area (Å²) in [4.78, 5) is 0. The smallest absolute Gasteiger partial charge is 0.187 e. The first-order chi connectivity index (χ1) is 10.7. The minimum atomic E-state index is 1.00. The molecule has 0 amide bonds. The fraction of sp³-hybridized carbons (Fsp3) is 0.286. The van der Waals surface area contributed by atoms with Crippen LogP contribution < -0.4 is 4.57 Å². The molecule has 0 spiro atoms. The van der Waals surface area contributed by atoms with Crippen LogP contribution in [-0.2, 0) is 13.0 Å². The summed E-state index contributed by atoms with van der Waals surface area (Å²) in [6.07, 6.45) is 2.36. The van der Waals surface area contributed by atoms with Crippen LogP contribution in [-0.4, -0.2) is 0 Å². The van der Waals surface area contributed by atoms with Crippen molar-refractivity contribution in [2.24, 2.45) is 0 Å². The molecule has 22 heavy (non-hydrogen) atoms. The molecule has 1 nitrogen and oxygen atoms in total. The van der Waals surface area contributed by atoms with Gasteiger partial charge in [0.1, 0.15) is 0 Å². The Morgan fingerprint density at radius 3 is 2.64 bits per heavy atom. The zero-order chi connectivity index (χ0) is 15.3. The number of aryl methyl sites for hydroxylation is 3. The van der Waals surface area contributed by atoms with Gasteiger partial charge in [0.15, 0.2) is 6.54 Å². The summed E-state index contributed by atoms with van der Waals surface area (Å²) in [5.74, 6) is 0. The lowest BCUT2D eigenvalue weighted by Gasteiger charge is -2.03. The van der Waals surface area contributed by atoms with Crippen LogP contribution in [0.25, 0.3) is 22.2 Å². The number of rotatable bonds is 2. The van der Waals surface area contributed by atoms with E-state index < -0.39 is 0 Å². The van der Waals surface area contributed by atoms with Crippen molar-refractivity contribution in [3.05, 3.63) is 64.7 Å². The predicted octanol–water partition coefficient (Wildman–Crippen LogP) is 4.73. The van der Waals surface area contributed by atoms with Crippen molar-refractivity contribution < 1.29 is 4.57 Å². The van der Waals surface area contributed by atoms with Gasteiger partial charge < -0.3 is 0 Å².